The quantitative estimate of drug-likeness (QED) is 0.594. The molecule has 0 radical (unpaired) electrons. The molecule has 62 valence electrons. The maximum absolute atomic E-state index is 5.79. The van der Waals surface area contributed by atoms with Crippen molar-refractivity contribution in [2.24, 2.45) is 7.05 Å². The zero-order valence-electron chi connectivity index (χ0n) is 7.20. The monoisotopic (exact) mass is 161 g/mol. The van der Waals surface area contributed by atoms with Gasteiger partial charge in [-0.1, -0.05) is 0 Å². The van der Waals surface area contributed by atoms with Gasteiger partial charge < -0.3 is 10.3 Å². The van der Waals surface area contributed by atoms with Crippen molar-refractivity contribution in [1.82, 2.24) is 9.55 Å². The van der Waals surface area contributed by atoms with Crippen molar-refractivity contribution in [3.8, 4) is 0 Å². The maximum Gasteiger partial charge on any atom is 0.111 e. The second-order valence-electron chi connectivity index (χ2n) is 3.08. The molecule has 12 heavy (non-hydrogen) atoms. The van der Waals surface area contributed by atoms with Crippen molar-refractivity contribution in [2.75, 3.05) is 5.73 Å². The third kappa shape index (κ3) is 0.863. The number of nitrogens with two attached hydrogens (primary N) is 1. The highest BCUT2D eigenvalue weighted by atomic mass is 15.0. The van der Waals surface area contributed by atoms with Crippen molar-refractivity contribution >= 4 is 16.7 Å². The number of hydrogen-bond donors (Lipinski definition) is 1. The van der Waals surface area contributed by atoms with E-state index in [0.717, 1.165) is 16.7 Å². The van der Waals surface area contributed by atoms with Crippen LogP contribution in [0.15, 0.2) is 18.5 Å². The normalized spacial score (nSPS) is 10.8. The van der Waals surface area contributed by atoms with Gasteiger partial charge in [-0.2, -0.15) is 0 Å². The molecule has 1 aromatic carbocycles. The molecule has 0 aliphatic carbocycles. The predicted molar refractivity (Wildman–Crippen MR) is 49.9 cm³/mol. The van der Waals surface area contributed by atoms with Crippen molar-refractivity contribution < 1.29 is 0 Å². The second kappa shape index (κ2) is 2.24. The summed E-state index contributed by atoms with van der Waals surface area (Å²) in [7, 11) is 1.97. The van der Waals surface area contributed by atoms with Crippen molar-refractivity contribution in [3.05, 3.63) is 24.0 Å². The molecule has 0 spiro atoms. The average molecular weight is 161 g/mol. The topological polar surface area (TPSA) is 43.8 Å². The van der Waals surface area contributed by atoms with E-state index in [4.69, 9.17) is 5.73 Å². The Morgan fingerprint density at radius 3 is 2.92 bits per heavy atom. The lowest BCUT2D eigenvalue weighted by molar-refractivity contribution is 0.947. The van der Waals surface area contributed by atoms with Crippen LogP contribution in [0.25, 0.3) is 11.0 Å². The number of nitrogens with zero attached hydrogens (tertiary/aromatic N) is 2. The zero-order valence-corrected chi connectivity index (χ0v) is 7.20. The van der Waals surface area contributed by atoms with E-state index in [1.165, 1.54) is 5.56 Å². The summed E-state index contributed by atoms with van der Waals surface area (Å²) in [5, 5.41) is 0. The summed E-state index contributed by atoms with van der Waals surface area (Å²) in [5.74, 6) is 0. The number of benzene rings is 1. The molecule has 0 fully saturated rings. The summed E-state index contributed by atoms with van der Waals surface area (Å²) < 4.78 is 1.97. The number of rotatable bonds is 0. The molecule has 0 amide bonds. The SMILES string of the molecule is Cc1cc(N)c2ncn(C)c2c1. The van der Waals surface area contributed by atoms with Gasteiger partial charge in [0, 0.05) is 7.05 Å². The lowest BCUT2D eigenvalue weighted by Crippen LogP contribution is -1.89. The third-order valence-corrected chi connectivity index (χ3v) is 2.00. The molecule has 3 nitrogen and oxygen atoms in total. The first kappa shape index (κ1) is 7.16. The molecule has 0 saturated carbocycles. The largest absolute Gasteiger partial charge is 0.397 e. The second-order valence-corrected chi connectivity index (χ2v) is 3.08. The van der Waals surface area contributed by atoms with Gasteiger partial charge in [0.2, 0.25) is 0 Å². The van der Waals surface area contributed by atoms with Gasteiger partial charge in [0.25, 0.3) is 0 Å². The molecule has 1 aromatic heterocycles. The van der Waals surface area contributed by atoms with E-state index in [1.54, 1.807) is 6.33 Å². The van der Waals surface area contributed by atoms with Crippen LogP contribution in [0.5, 0.6) is 0 Å². The minimum Gasteiger partial charge on any atom is -0.397 e. The number of hydrogen-bond acceptors (Lipinski definition) is 2. The fourth-order valence-corrected chi connectivity index (χ4v) is 1.40. The van der Waals surface area contributed by atoms with Gasteiger partial charge in [0.15, 0.2) is 0 Å². The van der Waals surface area contributed by atoms with Crippen molar-refractivity contribution in [2.45, 2.75) is 6.92 Å². The summed E-state index contributed by atoms with van der Waals surface area (Å²) >= 11 is 0. The van der Waals surface area contributed by atoms with Gasteiger partial charge >= 0.3 is 0 Å². The van der Waals surface area contributed by atoms with Crippen LogP contribution in [0, 0.1) is 6.92 Å². The molecule has 0 unspecified atom stereocenters. The van der Waals surface area contributed by atoms with Gasteiger partial charge in [-0.15, -0.1) is 0 Å². The minimum atomic E-state index is 0.755. The van der Waals surface area contributed by atoms with E-state index in [-0.39, 0.29) is 0 Å². The first-order valence-electron chi connectivity index (χ1n) is 3.85. The molecule has 0 saturated heterocycles. The molecule has 2 N–H and O–H groups in total. The maximum atomic E-state index is 5.79. The van der Waals surface area contributed by atoms with E-state index < -0.39 is 0 Å². The van der Waals surface area contributed by atoms with Crippen LogP contribution in [-0.2, 0) is 7.05 Å². The number of fused-ring (bicyclic) bond motifs is 1. The summed E-state index contributed by atoms with van der Waals surface area (Å²) in [5.41, 5.74) is 9.70. The Bertz CT molecular complexity index is 429. The summed E-state index contributed by atoms with van der Waals surface area (Å²) in [4.78, 5) is 4.20. The Morgan fingerprint density at radius 2 is 2.17 bits per heavy atom. The van der Waals surface area contributed by atoms with Crippen LogP contribution in [0.1, 0.15) is 5.56 Å². The summed E-state index contributed by atoms with van der Waals surface area (Å²) in [6.07, 6.45) is 1.78. The van der Waals surface area contributed by atoms with Crippen molar-refractivity contribution in [3.63, 3.8) is 0 Å². The molecule has 1 heterocycles. The minimum absolute atomic E-state index is 0.755. The smallest absolute Gasteiger partial charge is 0.111 e. The molecule has 0 aliphatic rings. The first-order chi connectivity index (χ1) is 5.68. The van der Waals surface area contributed by atoms with Crippen LogP contribution in [0.4, 0.5) is 5.69 Å². The Morgan fingerprint density at radius 1 is 1.42 bits per heavy atom. The van der Waals surface area contributed by atoms with Gasteiger partial charge in [0.1, 0.15) is 5.52 Å². The van der Waals surface area contributed by atoms with Gasteiger partial charge in [0.05, 0.1) is 17.5 Å². The van der Waals surface area contributed by atoms with Crippen molar-refractivity contribution in [1.29, 1.82) is 0 Å². The van der Waals surface area contributed by atoms with E-state index in [2.05, 4.69) is 11.1 Å². The summed E-state index contributed by atoms with van der Waals surface area (Å²) in [6.45, 7) is 2.03. The van der Waals surface area contributed by atoms with Gasteiger partial charge in [-0.05, 0) is 24.6 Å². The zero-order chi connectivity index (χ0) is 8.72. The Balaban J connectivity index is 2.92. The Kier molecular flexibility index (Phi) is 1.33. The lowest BCUT2D eigenvalue weighted by atomic mass is 10.2. The van der Waals surface area contributed by atoms with Crippen LogP contribution in [0.3, 0.4) is 0 Å². The fourth-order valence-electron chi connectivity index (χ4n) is 1.40. The molecule has 2 aromatic rings. The van der Waals surface area contributed by atoms with Gasteiger partial charge in [-0.3, -0.25) is 0 Å². The van der Waals surface area contributed by atoms with E-state index in [9.17, 15) is 0 Å². The predicted octanol–water partition coefficient (Wildman–Crippen LogP) is 1.46. The van der Waals surface area contributed by atoms with E-state index in [0.29, 0.717) is 0 Å². The van der Waals surface area contributed by atoms with Crippen LogP contribution >= 0.6 is 0 Å². The van der Waals surface area contributed by atoms with Crippen LogP contribution in [0.2, 0.25) is 0 Å². The highest BCUT2D eigenvalue weighted by Gasteiger charge is 2.02. The number of imidazole rings is 1. The van der Waals surface area contributed by atoms with E-state index >= 15 is 0 Å². The molecular formula is C9H11N3. The van der Waals surface area contributed by atoms with E-state index in [1.807, 2.05) is 24.6 Å². The molecule has 0 atom stereocenters. The number of nitrogen functional groups attached to an aromatic ring is 1. The Hall–Kier alpha value is -1.51. The van der Waals surface area contributed by atoms with Gasteiger partial charge in [-0.25, -0.2) is 4.98 Å². The highest BCUT2D eigenvalue weighted by Crippen LogP contribution is 2.20. The average Bonchev–Trinajstić information content (AvgIpc) is 2.33. The first-order valence-corrected chi connectivity index (χ1v) is 3.85. The highest BCUT2D eigenvalue weighted by molar-refractivity contribution is 5.87. The third-order valence-electron chi connectivity index (χ3n) is 2.00. The molecular weight excluding hydrogens is 150 g/mol. The molecule has 2 rings (SSSR count). The standard InChI is InChI=1S/C9H11N3/c1-6-3-7(10)9-8(4-6)12(2)5-11-9/h3-5H,10H2,1-2H3. The number of aromatic nitrogens is 2. The lowest BCUT2D eigenvalue weighted by Gasteiger charge is -1.99. The Labute approximate surface area is 70.8 Å². The number of anilines is 1. The molecule has 0 bridgehead atoms. The fraction of sp³-hybridized carbons (Fsp3) is 0.222. The molecule has 3 heteroatoms. The number of aryl methyl sites for hydroxylation is 2. The summed E-state index contributed by atoms with van der Waals surface area (Å²) in [6, 6.07) is 4.02. The van der Waals surface area contributed by atoms with Crippen LogP contribution < -0.4 is 5.73 Å². The molecule has 0 aliphatic heterocycles. The van der Waals surface area contributed by atoms with Crippen LogP contribution in [-0.4, -0.2) is 9.55 Å².